The van der Waals surface area contributed by atoms with Gasteiger partial charge >= 0.3 is 23.8 Å². The molecule has 4 amide bonds. The van der Waals surface area contributed by atoms with Crippen LogP contribution in [-0.4, -0.2) is 157 Å². The number of likely N-dealkylation sites (N-methyl/N-ethyl adjacent to an activating group) is 1. The quantitative estimate of drug-likeness (QED) is 0.209. The monoisotopic (exact) mass is 876 g/mol. The van der Waals surface area contributed by atoms with E-state index in [0.29, 0.717) is 69.2 Å². The lowest BCUT2D eigenvalue weighted by molar-refractivity contribution is -0.148. The number of urea groups is 1. The number of aromatic nitrogens is 1. The molecule has 63 heavy (non-hydrogen) atoms. The second-order valence-electron chi connectivity index (χ2n) is 17.6. The molecule has 2 atom stereocenters. The number of carbonyl (C=O) groups excluding carboxylic acids is 4. The minimum Gasteiger partial charge on any atom is -0.464 e. The van der Waals surface area contributed by atoms with Crippen molar-refractivity contribution in [2.75, 3.05) is 91.1 Å². The average Bonchev–Trinajstić information content (AvgIpc) is 3.78. The van der Waals surface area contributed by atoms with E-state index in [2.05, 4.69) is 22.0 Å². The maximum Gasteiger partial charge on any atom is 0.419 e. The number of fused-ring (bicyclic) bond motifs is 2. The number of nitrogens with zero attached hydrogens (tertiary/aromatic N) is 6. The largest absolute Gasteiger partial charge is 0.464 e. The number of carbonyl (C=O) groups is 4. The fraction of sp³-hybridized carbons (Fsp3) is 0.638. The first-order chi connectivity index (χ1) is 29.9. The van der Waals surface area contributed by atoms with Crippen LogP contribution in [0.25, 0.3) is 11.1 Å². The summed E-state index contributed by atoms with van der Waals surface area (Å²) in [5.41, 5.74) is 4.72. The summed E-state index contributed by atoms with van der Waals surface area (Å²) in [5, 5.41) is 3.03. The molecule has 0 bridgehead atoms. The number of aryl methyl sites for hydroxylation is 2. The highest BCUT2D eigenvalue weighted by molar-refractivity contribution is 5.91. The Hall–Kier alpha value is -4.93. The highest BCUT2D eigenvalue weighted by Crippen LogP contribution is 2.27. The number of esters is 1. The van der Waals surface area contributed by atoms with E-state index in [9.17, 15) is 24.0 Å². The van der Waals surface area contributed by atoms with Crippen molar-refractivity contribution < 1.29 is 37.8 Å². The molecule has 8 rings (SSSR count). The van der Waals surface area contributed by atoms with Crippen molar-refractivity contribution in [3.63, 3.8) is 0 Å². The van der Waals surface area contributed by atoms with Gasteiger partial charge in [-0.1, -0.05) is 38.6 Å². The molecule has 3 aromatic rings. The van der Waals surface area contributed by atoms with Gasteiger partial charge in [-0.25, -0.2) is 14.4 Å². The summed E-state index contributed by atoms with van der Waals surface area (Å²) >= 11 is 0. The van der Waals surface area contributed by atoms with Gasteiger partial charge in [0.05, 0.1) is 25.3 Å². The van der Waals surface area contributed by atoms with E-state index in [1.807, 2.05) is 49.2 Å². The number of oxazole rings is 1. The van der Waals surface area contributed by atoms with E-state index in [-0.39, 0.29) is 43.8 Å². The predicted octanol–water partition coefficient (Wildman–Crippen LogP) is 5.28. The summed E-state index contributed by atoms with van der Waals surface area (Å²) in [7, 11) is 3.65. The molecule has 0 radical (unpaired) electrons. The number of nitrogens with one attached hydrogen (secondary N) is 1. The topological polar surface area (TPSA) is 159 Å². The number of morpholine rings is 1. The maximum absolute atomic E-state index is 13.8. The van der Waals surface area contributed by atoms with Gasteiger partial charge in [-0.2, -0.15) is 0 Å². The minimum absolute atomic E-state index is 0. The van der Waals surface area contributed by atoms with Gasteiger partial charge in [0.2, 0.25) is 0 Å². The summed E-state index contributed by atoms with van der Waals surface area (Å²) < 4.78 is 23.5. The molecule has 6 heterocycles. The standard InChI is InChI=1S/C33H41N5O6.C13H24N2O3.CH4/c1-21-8-13-36(14-9-21)30(39)28(20-23-18-22(2)29-27(19-23)43-32(41)35(29)3)44-33(42)37-15-11-25(12-16-37)38-17-10-24-6-4-5-7-26(24)34-31(38)40;1-14-5-2-4-12(14)13(16)18-9-3-6-15-7-10-17-11-8-15;/h4-7,18-19,21,25,28H,8-17,20H2,1-3H3,(H,34,40);12H,2-11H2,1H3;1H4/t28-;12-;/m11./s1. The van der Waals surface area contributed by atoms with Crippen LogP contribution in [-0.2, 0) is 43.7 Å². The van der Waals surface area contributed by atoms with Crippen molar-refractivity contribution in [2.45, 2.75) is 97.2 Å². The van der Waals surface area contributed by atoms with Crippen LogP contribution in [0.2, 0.25) is 0 Å². The second kappa shape index (κ2) is 22.1. The second-order valence-corrected chi connectivity index (χ2v) is 17.6. The van der Waals surface area contributed by atoms with Gasteiger partial charge in [-0.05, 0) is 107 Å². The highest BCUT2D eigenvalue weighted by Gasteiger charge is 2.36. The average molecular weight is 876 g/mol. The van der Waals surface area contributed by atoms with Crippen LogP contribution < -0.4 is 11.1 Å². The van der Waals surface area contributed by atoms with E-state index in [1.54, 1.807) is 22.9 Å². The molecule has 0 spiro atoms. The SMILES string of the molecule is C.CN1CCC[C@@H]1C(=O)OCCCN1CCOCC1.Cc1cc(C[C@@H](OC(=O)N2CCC(N3CCc4ccccc4NC3=O)CC2)C(=O)N2CCC(C)CC2)cc2oc(=O)n(C)c12. The number of ether oxygens (including phenoxy) is 3. The van der Waals surface area contributed by atoms with Crippen molar-refractivity contribution in [1.29, 1.82) is 0 Å². The number of hydrogen-bond donors (Lipinski definition) is 1. The molecule has 1 N–H and O–H groups in total. The van der Waals surface area contributed by atoms with Gasteiger partial charge in [-0.3, -0.25) is 24.0 Å². The number of piperidine rings is 2. The third-order valence-electron chi connectivity index (χ3n) is 13.2. The summed E-state index contributed by atoms with van der Waals surface area (Å²) in [5.74, 6) is -0.148. The Kier molecular flexibility index (Phi) is 16.7. The number of benzene rings is 2. The Morgan fingerprint density at radius 2 is 1.60 bits per heavy atom. The van der Waals surface area contributed by atoms with E-state index in [0.717, 1.165) is 100 Å². The number of anilines is 1. The Labute approximate surface area is 371 Å². The molecule has 4 fully saturated rings. The van der Waals surface area contributed by atoms with Gasteiger partial charge in [0.1, 0.15) is 6.04 Å². The van der Waals surface area contributed by atoms with E-state index in [1.165, 1.54) is 4.57 Å². The van der Waals surface area contributed by atoms with Crippen molar-refractivity contribution >= 4 is 40.8 Å². The lowest BCUT2D eigenvalue weighted by Gasteiger charge is -2.38. The molecule has 16 nitrogen and oxygen atoms in total. The van der Waals surface area contributed by atoms with Crippen LogP contribution in [0.4, 0.5) is 15.3 Å². The number of para-hydroxylation sites is 1. The van der Waals surface area contributed by atoms with Crippen molar-refractivity contribution in [3.05, 3.63) is 63.6 Å². The van der Waals surface area contributed by atoms with Crippen LogP contribution in [0, 0.1) is 12.8 Å². The maximum atomic E-state index is 13.8. The molecule has 16 heteroatoms. The molecule has 1 aromatic heterocycles. The summed E-state index contributed by atoms with van der Waals surface area (Å²) in [4.78, 5) is 74.0. The number of hydrogen-bond acceptors (Lipinski definition) is 11. The molecule has 0 aliphatic carbocycles. The molecule has 4 saturated heterocycles. The van der Waals surface area contributed by atoms with E-state index >= 15 is 0 Å². The third-order valence-corrected chi connectivity index (χ3v) is 13.2. The molecule has 5 aliphatic rings. The van der Waals surface area contributed by atoms with Crippen LogP contribution in [0.15, 0.2) is 45.6 Å². The lowest BCUT2D eigenvalue weighted by Crippen LogP contribution is -2.51. The number of amides is 4. The van der Waals surface area contributed by atoms with Gasteiger partial charge in [0.15, 0.2) is 11.7 Å². The fourth-order valence-corrected chi connectivity index (χ4v) is 9.41. The van der Waals surface area contributed by atoms with Crippen LogP contribution in [0.3, 0.4) is 0 Å². The Balaban J connectivity index is 0.000000292. The van der Waals surface area contributed by atoms with Crippen molar-refractivity contribution in [2.24, 2.45) is 13.0 Å². The highest BCUT2D eigenvalue weighted by atomic mass is 16.6. The Bertz CT molecular complexity index is 2080. The van der Waals surface area contributed by atoms with Gasteiger partial charge < -0.3 is 38.6 Å². The van der Waals surface area contributed by atoms with Crippen LogP contribution in [0.5, 0.6) is 0 Å². The van der Waals surface area contributed by atoms with Crippen LogP contribution >= 0.6 is 0 Å². The van der Waals surface area contributed by atoms with E-state index < -0.39 is 18.0 Å². The molecule has 2 aromatic carbocycles. The zero-order valence-electron chi connectivity index (χ0n) is 37.0. The summed E-state index contributed by atoms with van der Waals surface area (Å²) in [6.45, 7) is 13.0. The normalized spacial score (nSPS) is 20.8. The number of likely N-dealkylation sites (tertiary alicyclic amines) is 3. The summed E-state index contributed by atoms with van der Waals surface area (Å²) in [6, 6.07) is 11.4. The fourth-order valence-electron chi connectivity index (χ4n) is 9.41. The molecular weight excluding hydrogens is 807 g/mol. The van der Waals surface area contributed by atoms with Crippen LogP contribution in [0.1, 0.15) is 76.0 Å². The Morgan fingerprint density at radius 1 is 0.889 bits per heavy atom. The van der Waals surface area contributed by atoms with E-state index in [4.69, 9.17) is 18.6 Å². The first-order valence-corrected chi connectivity index (χ1v) is 22.6. The molecular formula is C47H69N7O9. The lowest BCUT2D eigenvalue weighted by atomic mass is 9.98. The number of rotatable bonds is 10. The van der Waals surface area contributed by atoms with Crippen molar-refractivity contribution in [3.8, 4) is 0 Å². The molecule has 0 unspecified atom stereocenters. The summed E-state index contributed by atoms with van der Waals surface area (Å²) in [6.07, 6.45) is 5.47. The Morgan fingerprint density at radius 3 is 2.32 bits per heavy atom. The first kappa shape index (κ1) is 47.5. The van der Waals surface area contributed by atoms with Gasteiger partial charge in [0.25, 0.3) is 5.91 Å². The molecule has 346 valence electrons. The molecule has 0 saturated carbocycles. The van der Waals surface area contributed by atoms with Crippen molar-refractivity contribution in [1.82, 2.24) is 29.1 Å². The first-order valence-electron chi connectivity index (χ1n) is 22.6. The zero-order chi connectivity index (χ0) is 43.8. The zero-order valence-corrected chi connectivity index (χ0v) is 37.0. The smallest absolute Gasteiger partial charge is 0.419 e. The third kappa shape index (κ3) is 12.0. The molecule has 5 aliphatic heterocycles. The van der Waals surface area contributed by atoms with Gasteiger partial charge in [0, 0.05) is 77.6 Å². The van der Waals surface area contributed by atoms with Gasteiger partial charge in [-0.15, -0.1) is 0 Å². The minimum atomic E-state index is -1.00. The predicted molar refractivity (Wildman–Crippen MR) is 241 cm³/mol.